The van der Waals surface area contributed by atoms with Crippen LogP contribution in [0.4, 0.5) is 11.5 Å². The Kier molecular flexibility index (Phi) is 6.57. The lowest BCUT2D eigenvalue weighted by Crippen LogP contribution is -2.14. The first-order valence-electron chi connectivity index (χ1n) is 10.5. The molecule has 0 N–H and O–H groups in total. The quantitative estimate of drug-likeness (QED) is 0.274. The van der Waals surface area contributed by atoms with Gasteiger partial charge in [-0.1, -0.05) is 29.8 Å². The summed E-state index contributed by atoms with van der Waals surface area (Å²) in [6, 6.07) is 21.9. The third-order valence-electron chi connectivity index (χ3n) is 5.14. The van der Waals surface area contributed by atoms with Crippen LogP contribution in [-0.2, 0) is 14.3 Å². The van der Waals surface area contributed by atoms with Crippen molar-refractivity contribution >= 4 is 32.5 Å². The van der Waals surface area contributed by atoms with Crippen molar-refractivity contribution in [1.82, 2.24) is 9.97 Å². The Morgan fingerprint density at radius 3 is 2.27 bits per heavy atom. The third-order valence-corrected chi connectivity index (χ3v) is 6.46. The molecule has 4 rings (SSSR count). The Balaban J connectivity index is 1.37. The van der Waals surface area contributed by atoms with Crippen LogP contribution < -0.4 is 9.64 Å². The van der Waals surface area contributed by atoms with E-state index in [0.29, 0.717) is 11.6 Å². The molecule has 0 unspecified atom stereocenters. The fourth-order valence-electron chi connectivity index (χ4n) is 3.39. The molecule has 0 spiro atoms. The van der Waals surface area contributed by atoms with Crippen LogP contribution in [0.2, 0.25) is 0 Å². The molecular formula is C25H25N3O4S. The molecule has 8 heteroatoms. The summed E-state index contributed by atoms with van der Waals surface area (Å²) in [5.74, 6) is 2.14. The molecule has 0 fully saturated rings. The molecule has 0 atom stereocenters. The second-order valence-corrected chi connectivity index (χ2v) is 9.22. The highest BCUT2D eigenvalue weighted by atomic mass is 32.2. The summed E-state index contributed by atoms with van der Waals surface area (Å²) in [7, 11) is -1.85. The van der Waals surface area contributed by atoms with E-state index in [1.54, 1.807) is 12.1 Å². The zero-order valence-corrected chi connectivity index (χ0v) is 19.5. The molecule has 0 aliphatic heterocycles. The van der Waals surface area contributed by atoms with Crippen molar-refractivity contribution in [1.29, 1.82) is 0 Å². The molecule has 0 aliphatic carbocycles. The predicted molar refractivity (Wildman–Crippen MR) is 129 cm³/mol. The van der Waals surface area contributed by atoms with E-state index < -0.39 is 10.1 Å². The number of anilines is 2. The van der Waals surface area contributed by atoms with E-state index >= 15 is 0 Å². The van der Waals surface area contributed by atoms with Gasteiger partial charge in [-0.05, 0) is 62.4 Å². The number of aryl methyl sites for hydroxylation is 2. The number of fused-ring (bicyclic) bond motifs is 1. The van der Waals surface area contributed by atoms with Gasteiger partial charge in [0.15, 0.2) is 0 Å². The van der Waals surface area contributed by atoms with Crippen molar-refractivity contribution in [2.24, 2.45) is 0 Å². The second kappa shape index (κ2) is 9.56. The van der Waals surface area contributed by atoms with Crippen molar-refractivity contribution < 1.29 is 17.3 Å². The zero-order chi connectivity index (χ0) is 23.4. The number of ether oxygens (including phenoxy) is 1. The van der Waals surface area contributed by atoms with Crippen molar-refractivity contribution in [3.63, 3.8) is 0 Å². The van der Waals surface area contributed by atoms with E-state index in [2.05, 4.69) is 9.97 Å². The number of aromatic nitrogens is 2. The maximum absolute atomic E-state index is 12.2. The van der Waals surface area contributed by atoms with Gasteiger partial charge in [0.1, 0.15) is 30.6 Å². The molecule has 4 aromatic rings. The average Bonchev–Trinajstić information content (AvgIpc) is 2.81. The largest absolute Gasteiger partial charge is 0.491 e. The molecule has 1 heterocycles. The van der Waals surface area contributed by atoms with Crippen LogP contribution in [-0.4, -0.2) is 38.6 Å². The Bertz CT molecular complexity index is 1360. The lowest BCUT2D eigenvalue weighted by molar-refractivity contribution is 0.221. The highest BCUT2D eigenvalue weighted by Crippen LogP contribution is 2.29. The fourth-order valence-corrected chi connectivity index (χ4v) is 4.29. The van der Waals surface area contributed by atoms with Crippen LogP contribution >= 0.6 is 0 Å². The zero-order valence-electron chi connectivity index (χ0n) is 18.7. The van der Waals surface area contributed by atoms with Crippen molar-refractivity contribution in [2.75, 3.05) is 25.2 Å². The summed E-state index contributed by atoms with van der Waals surface area (Å²) in [6.45, 7) is 3.80. The van der Waals surface area contributed by atoms with E-state index in [-0.39, 0.29) is 18.1 Å². The van der Waals surface area contributed by atoms with E-state index in [9.17, 15) is 8.42 Å². The Morgan fingerprint density at radius 2 is 1.55 bits per heavy atom. The van der Waals surface area contributed by atoms with Gasteiger partial charge in [-0.3, -0.25) is 4.18 Å². The van der Waals surface area contributed by atoms with Crippen LogP contribution in [0, 0.1) is 13.8 Å². The highest BCUT2D eigenvalue weighted by molar-refractivity contribution is 7.86. The van der Waals surface area contributed by atoms with Gasteiger partial charge in [-0.15, -0.1) is 0 Å². The highest BCUT2D eigenvalue weighted by Gasteiger charge is 2.15. The molecule has 1 aromatic heterocycles. The van der Waals surface area contributed by atoms with Crippen LogP contribution in [0.3, 0.4) is 0 Å². The van der Waals surface area contributed by atoms with E-state index in [1.807, 2.05) is 74.3 Å². The number of hydrogen-bond acceptors (Lipinski definition) is 7. The summed E-state index contributed by atoms with van der Waals surface area (Å²) < 4.78 is 35.2. The van der Waals surface area contributed by atoms with Crippen LogP contribution in [0.5, 0.6) is 5.75 Å². The van der Waals surface area contributed by atoms with Gasteiger partial charge >= 0.3 is 0 Å². The summed E-state index contributed by atoms with van der Waals surface area (Å²) in [5.41, 5.74) is 2.81. The molecule has 3 aromatic carbocycles. The minimum Gasteiger partial charge on any atom is -0.491 e. The number of hydrogen-bond donors (Lipinski definition) is 0. The summed E-state index contributed by atoms with van der Waals surface area (Å²) >= 11 is 0. The number of para-hydroxylation sites is 1. The molecule has 0 amide bonds. The summed E-state index contributed by atoms with van der Waals surface area (Å²) in [5, 5.41) is 0.970. The monoisotopic (exact) mass is 463 g/mol. The van der Waals surface area contributed by atoms with Gasteiger partial charge in [0.05, 0.1) is 10.4 Å². The minimum absolute atomic E-state index is 0.0793. The first kappa shape index (κ1) is 22.7. The van der Waals surface area contributed by atoms with Gasteiger partial charge in [0.2, 0.25) is 0 Å². The van der Waals surface area contributed by atoms with Gasteiger partial charge in [0.25, 0.3) is 10.1 Å². The lowest BCUT2D eigenvalue weighted by Gasteiger charge is -2.20. The average molecular weight is 464 g/mol. The third kappa shape index (κ3) is 5.30. The molecule has 170 valence electrons. The van der Waals surface area contributed by atoms with Crippen molar-refractivity contribution in [3.05, 3.63) is 84.2 Å². The molecule has 0 radical (unpaired) electrons. The number of nitrogens with zero attached hydrogens (tertiary/aromatic N) is 3. The van der Waals surface area contributed by atoms with Crippen LogP contribution in [0.25, 0.3) is 10.9 Å². The number of benzene rings is 3. The Hall–Kier alpha value is -3.49. The van der Waals surface area contributed by atoms with Crippen molar-refractivity contribution in [3.8, 4) is 5.75 Å². The fraction of sp³-hybridized carbons (Fsp3) is 0.200. The standard InChI is InChI=1S/C25H25N3O4S/c1-18-8-14-22(15-9-18)33(29,30)32-17-16-31-21-12-10-20(11-13-21)28(3)25-23-6-4-5-7-24(23)26-19(2)27-25/h4-15H,16-17H2,1-3H3. The van der Waals surface area contributed by atoms with E-state index in [4.69, 9.17) is 8.92 Å². The Labute approximate surface area is 193 Å². The Morgan fingerprint density at radius 1 is 0.848 bits per heavy atom. The molecule has 7 nitrogen and oxygen atoms in total. The van der Waals surface area contributed by atoms with Gasteiger partial charge < -0.3 is 9.64 Å². The van der Waals surface area contributed by atoms with Gasteiger partial charge in [0, 0.05) is 18.1 Å². The summed E-state index contributed by atoms with van der Waals surface area (Å²) in [4.78, 5) is 11.3. The molecule has 33 heavy (non-hydrogen) atoms. The number of rotatable bonds is 8. The minimum atomic E-state index is -3.80. The molecular weight excluding hydrogens is 438 g/mol. The van der Waals surface area contributed by atoms with Crippen LogP contribution in [0.1, 0.15) is 11.4 Å². The topological polar surface area (TPSA) is 81.6 Å². The maximum Gasteiger partial charge on any atom is 0.297 e. The molecule has 0 bridgehead atoms. The molecule has 0 aliphatic rings. The molecule has 0 saturated carbocycles. The van der Waals surface area contributed by atoms with Crippen LogP contribution in [0.15, 0.2) is 77.7 Å². The maximum atomic E-state index is 12.2. The van der Waals surface area contributed by atoms with E-state index in [1.165, 1.54) is 12.1 Å². The SMILES string of the molecule is Cc1ccc(S(=O)(=O)OCCOc2ccc(N(C)c3nc(C)nc4ccccc34)cc2)cc1. The van der Waals surface area contributed by atoms with Gasteiger partial charge in [-0.25, -0.2) is 9.97 Å². The predicted octanol–water partition coefficient (Wildman–Crippen LogP) is 4.80. The normalized spacial score (nSPS) is 11.5. The van der Waals surface area contributed by atoms with Gasteiger partial charge in [-0.2, -0.15) is 8.42 Å². The summed E-state index contributed by atoms with van der Waals surface area (Å²) in [6.07, 6.45) is 0. The van der Waals surface area contributed by atoms with E-state index in [0.717, 1.165) is 28.0 Å². The molecule has 0 saturated heterocycles. The first-order chi connectivity index (χ1) is 15.8. The smallest absolute Gasteiger partial charge is 0.297 e. The second-order valence-electron chi connectivity index (χ2n) is 7.60. The first-order valence-corrected chi connectivity index (χ1v) is 11.9. The lowest BCUT2D eigenvalue weighted by atomic mass is 10.2. The van der Waals surface area contributed by atoms with Crippen molar-refractivity contribution in [2.45, 2.75) is 18.7 Å².